The van der Waals surface area contributed by atoms with Crippen molar-refractivity contribution in [2.75, 3.05) is 39.6 Å². The molecule has 736 valence electrons. The quantitative estimate of drug-likeness (QED) is 0.0199. The summed E-state index contributed by atoms with van der Waals surface area (Å²) in [5, 5.41) is 0. The van der Waals surface area contributed by atoms with Gasteiger partial charge in [0.05, 0.1) is 33.0 Å². The molecule has 5 aliphatic heterocycles. The lowest BCUT2D eigenvalue weighted by Crippen LogP contribution is -2.70. The van der Waals surface area contributed by atoms with Crippen molar-refractivity contribution >= 4 is 166 Å². The predicted molar refractivity (Wildman–Crippen MR) is 352 cm³/mol. The van der Waals surface area contributed by atoms with Crippen LogP contribution in [0, 0.1) is 0 Å². The lowest BCUT2D eigenvalue weighted by Gasteiger charge is -2.51. The molecule has 0 bridgehead atoms. The Hall–Kier alpha value is -2.48. The number of hydrogen-bond acceptors (Lipinski definition) is 58. The van der Waals surface area contributed by atoms with Gasteiger partial charge in [-0.25, -0.2) is 66.9 Å². The minimum absolute atomic E-state index is 0.00538. The summed E-state index contributed by atoms with van der Waals surface area (Å²) in [6.07, 6.45) is -95.6. The van der Waals surface area contributed by atoms with E-state index in [1.54, 1.807) is 0 Å². The van der Waals surface area contributed by atoms with E-state index in [0.717, 1.165) is 0 Å². The van der Waals surface area contributed by atoms with Gasteiger partial charge in [-0.05, 0) is 6.42 Å². The first-order valence-electron chi connectivity index (χ1n) is 30.1. The Bertz CT molecular complexity index is 5650. The van der Waals surface area contributed by atoms with Crippen LogP contribution in [0.25, 0.3) is 0 Å². The summed E-state index contributed by atoms with van der Waals surface area (Å²) in [5.41, 5.74) is 0. The van der Waals surface area contributed by atoms with Gasteiger partial charge in [0.25, 0.3) is 0 Å². The smallest absolute Gasteiger partial charge is 0.350 e. The van der Waals surface area contributed by atoms with Crippen molar-refractivity contribution in [2.24, 2.45) is 0 Å². The average molecular weight is 2170 g/mol. The monoisotopic (exact) mass is 2160 g/mol. The van der Waals surface area contributed by atoms with E-state index in [2.05, 4.69) is 66.9 Å². The minimum Gasteiger partial charge on any atom is -0.350 e. The van der Waals surface area contributed by atoms with Crippen LogP contribution in [0.1, 0.15) is 19.8 Å². The van der Waals surface area contributed by atoms with Gasteiger partial charge >= 0.3 is 166 Å². The normalized spacial score (nSPS) is 32.7. The van der Waals surface area contributed by atoms with Crippen molar-refractivity contribution in [3.63, 3.8) is 0 Å². The van der Waals surface area contributed by atoms with E-state index < -0.39 is 360 Å². The summed E-state index contributed by atoms with van der Waals surface area (Å²) in [6.45, 7) is -11.5. The molecular weight excluding hydrogens is 2110 g/mol. The maximum absolute atomic E-state index is 13.4. The van der Waals surface area contributed by atoms with E-state index in [9.17, 15) is 208 Å². The molecule has 124 heavy (non-hydrogen) atoms. The third kappa shape index (κ3) is 40.5. The van der Waals surface area contributed by atoms with E-state index >= 15 is 0 Å². The van der Waals surface area contributed by atoms with Crippen molar-refractivity contribution in [1.29, 1.82) is 0 Å². The molecule has 5 saturated heterocycles. The van der Waals surface area contributed by atoms with E-state index in [-0.39, 0.29) is 12.8 Å². The summed E-state index contributed by atoms with van der Waals surface area (Å²) < 4.78 is 686. The molecule has 16 N–H and O–H groups in total. The summed E-state index contributed by atoms with van der Waals surface area (Å²) in [5.74, 6) is 0. The minimum atomic E-state index is -7.12. The average Bonchev–Trinajstić information content (AvgIpc) is 0.747. The number of ether oxygens (including phenoxy) is 10. The third-order valence-electron chi connectivity index (χ3n) is 14.4. The highest BCUT2D eigenvalue weighted by atomic mass is 32.3. The van der Waals surface area contributed by atoms with Crippen molar-refractivity contribution in [3.05, 3.63) is 0 Å². The third-order valence-corrected chi connectivity index (χ3v) is 21.7. The van der Waals surface area contributed by atoms with E-state index in [4.69, 9.17) is 47.4 Å². The predicted octanol–water partition coefficient (Wildman–Crippen LogP) is -12.9. The molecule has 5 heterocycles. The van der Waals surface area contributed by atoms with Gasteiger partial charge in [0.1, 0.15) is 91.6 Å². The second-order valence-electron chi connectivity index (χ2n) is 23.3. The lowest BCUT2D eigenvalue weighted by atomic mass is 9.95. The van der Waals surface area contributed by atoms with Gasteiger partial charge < -0.3 is 47.4 Å². The van der Waals surface area contributed by atoms with Gasteiger partial charge in [-0.2, -0.15) is 135 Å². The molecule has 0 radical (unpaired) electrons. The van der Waals surface area contributed by atoms with Gasteiger partial charge in [-0.1, -0.05) is 13.3 Å². The summed E-state index contributed by atoms with van der Waals surface area (Å²) in [6, 6.07) is 0. The van der Waals surface area contributed by atoms with E-state index in [0.29, 0.717) is 0 Å². The SMILES string of the molecule is CCCCO[C@@H]1O[C@H](COS(=O)(=O)O)[C@@H](OS(=O)(=O)O)[C@H](O[C@@H]2O[C@H](COS(=O)(=O)O)[C@@H](OS(=O)(=O)O)[C@H](O[C@@H]3O[C@H](COS(=O)(=O)O)[C@@H](OS(=O)(=O)O)[C@H](O[C@@H]4O[C@H](COS(=O)(=O)O)[C@@H](OS(=O)(=O)O)[C@H](O[C@@H]5O[C@H](COS(=O)(=O)O)[C@@H](OS(=O)(=O)O)[C@H](OS(=O)(=O)O)[C@H]5OS(=O)(=O)O)[C@H]4OS(=O)(=O)O)[C@H]3OS(=O)(=O)O)[C@H]2OS(=O)(=O)O)[C@H]1OS(=O)(=O)O. The highest BCUT2D eigenvalue weighted by Gasteiger charge is 2.65. The molecule has 0 spiro atoms. The number of hydrogen-bond donors (Lipinski definition) is 16. The molecule has 0 unspecified atom stereocenters. The first-order valence-corrected chi connectivity index (χ1v) is 52.0. The first-order chi connectivity index (χ1) is 55.3. The zero-order chi connectivity index (χ0) is 95.5. The zero-order valence-electron chi connectivity index (χ0n) is 58.5. The molecule has 0 aromatic rings. The molecule has 90 heteroatoms. The van der Waals surface area contributed by atoms with Gasteiger partial charge in [0.2, 0.25) is 0 Å². The molecule has 0 aromatic carbocycles. The number of rotatable bonds is 49. The Kier molecular flexibility index (Phi) is 37.9. The molecule has 5 aliphatic rings. The Morgan fingerprint density at radius 1 is 0.194 bits per heavy atom. The van der Waals surface area contributed by atoms with Gasteiger partial charge in [0.15, 0.2) is 62.0 Å². The lowest BCUT2D eigenvalue weighted by molar-refractivity contribution is -0.385. The van der Waals surface area contributed by atoms with Crippen LogP contribution in [-0.4, -0.2) is 401 Å². The Balaban J connectivity index is 2.06. The Morgan fingerprint density at radius 2 is 0.339 bits per heavy atom. The molecule has 5 rings (SSSR count). The Morgan fingerprint density at radius 3 is 0.508 bits per heavy atom. The summed E-state index contributed by atoms with van der Waals surface area (Å²) in [7, 11) is -106. The maximum Gasteiger partial charge on any atom is 0.397 e. The highest BCUT2D eigenvalue weighted by Crippen LogP contribution is 2.44. The molecule has 0 amide bonds. The van der Waals surface area contributed by atoms with Gasteiger partial charge in [-0.3, -0.25) is 72.8 Å². The van der Waals surface area contributed by atoms with Crippen LogP contribution in [-0.2, 0) is 281 Å². The second-order valence-corrected chi connectivity index (χ2v) is 40.3. The van der Waals surface area contributed by atoms with Crippen molar-refractivity contribution in [1.82, 2.24) is 0 Å². The van der Waals surface area contributed by atoms with Crippen LogP contribution >= 0.6 is 0 Å². The molecular formula is C34H60O74S16. The Labute approximate surface area is 696 Å². The largest absolute Gasteiger partial charge is 0.397 e. The topological polar surface area (TPSA) is 1110 Å². The van der Waals surface area contributed by atoms with Crippen molar-refractivity contribution < 1.29 is 322 Å². The van der Waals surface area contributed by atoms with Crippen LogP contribution in [0.5, 0.6) is 0 Å². The molecule has 0 aromatic heterocycles. The molecule has 25 atom stereocenters. The molecule has 0 saturated carbocycles. The first kappa shape index (κ1) is 112. The van der Waals surface area contributed by atoms with Crippen molar-refractivity contribution in [3.8, 4) is 0 Å². The fourth-order valence-electron chi connectivity index (χ4n) is 10.7. The summed E-state index contributed by atoms with van der Waals surface area (Å²) >= 11 is 0. The second kappa shape index (κ2) is 42.0. The molecule has 74 nitrogen and oxygen atoms in total. The summed E-state index contributed by atoms with van der Waals surface area (Å²) in [4.78, 5) is 0. The van der Waals surface area contributed by atoms with Crippen LogP contribution < -0.4 is 0 Å². The number of unbranched alkanes of at least 4 members (excludes halogenated alkanes) is 1. The molecule has 0 aliphatic carbocycles. The van der Waals surface area contributed by atoms with Gasteiger partial charge in [-0.15, -0.1) is 0 Å². The van der Waals surface area contributed by atoms with Gasteiger partial charge in [0, 0.05) is 6.61 Å². The van der Waals surface area contributed by atoms with Crippen molar-refractivity contribution in [2.45, 2.75) is 173 Å². The zero-order valence-corrected chi connectivity index (χ0v) is 71.5. The fraction of sp³-hybridized carbons (Fsp3) is 1.00. The van der Waals surface area contributed by atoms with Crippen LogP contribution in [0.4, 0.5) is 0 Å². The fourth-order valence-corrected chi connectivity index (χ4v) is 17.7. The maximum atomic E-state index is 13.4. The van der Waals surface area contributed by atoms with E-state index in [1.165, 1.54) is 6.92 Å². The highest BCUT2D eigenvalue weighted by molar-refractivity contribution is 7.84. The molecule has 5 fully saturated rings. The van der Waals surface area contributed by atoms with Crippen LogP contribution in [0.15, 0.2) is 0 Å². The standard InChI is InChI=1S/C34H60O74S16/c1-2-3-4-83-30-25(104-120(68,69)70)20(15(98-114(50,51)52)10(89-30)5-84-109(35,36)37)94-31-26(105-121(71,72)73)21(16(99-115(53,54)55)11(90-31)6-85-110(38,39)40)95-32-27(106-122(74,75)76)22(17(100-116(56,57)58)12(91-32)7-86-111(41,42)43)96-33-28(107-123(77,78)79)23(18(101-117(59,60)61)13(92-33)8-87-112(44,45)46)97-34-29(108-124(80,81)82)24(103-119(65,66)67)19(102-118(62,63)64)14(93-34)9-88-113(47,48)49/h10-34H,2-9H2,1H3,(H,35,36,37)(H,38,39,40)(H,41,42,43)(H,44,45,46)(H,47,48,49)(H,50,51,52)(H,53,54,55)(H,56,57,58)(H,59,60,61)(H,62,63,64)(H,65,66,67)(H,68,69,70)(H,71,72,73)(H,74,75,76)(H,77,78,79)(H,80,81,82)/t10-,11-,12-,13-,14-,15-,16-,17-,18-,19-,20+,21+,22+,23+,24+,25-,26-,27-,28-,29-,30-,31+,32+,33+,34+/m1/s1. The van der Waals surface area contributed by atoms with Crippen LogP contribution in [0.2, 0.25) is 0 Å². The van der Waals surface area contributed by atoms with Crippen LogP contribution in [0.3, 0.4) is 0 Å². The van der Waals surface area contributed by atoms with E-state index in [1.807, 2.05) is 0 Å².